The summed E-state index contributed by atoms with van der Waals surface area (Å²) in [7, 11) is 3.24. The molecule has 33 heavy (non-hydrogen) atoms. The summed E-state index contributed by atoms with van der Waals surface area (Å²) in [5.41, 5.74) is 2.08. The molecule has 2 aromatic heterocycles. The van der Waals surface area contributed by atoms with E-state index in [-0.39, 0.29) is 28.7 Å². The Bertz CT molecular complexity index is 1090. The highest BCUT2D eigenvalue weighted by molar-refractivity contribution is 7.07. The second-order valence-electron chi connectivity index (χ2n) is 9.22. The highest BCUT2D eigenvalue weighted by Gasteiger charge is 2.56. The van der Waals surface area contributed by atoms with Gasteiger partial charge in [-0.25, -0.2) is 0 Å². The maximum absolute atomic E-state index is 13.5. The standard InChI is InChI=1S/C25H33N3O4S/c1-5-25(6-2)14-18(25)23(30)27-9-7-19-22(20(32-4)13-21(29)28(19)11-10-27)24(31)26(3)15-17-8-12-33-16-17/h8,12-13,16,18H,5-7,9-11,14-15H2,1-4H3/t18-/m1/s1. The topological polar surface area (TPSA) is 71.9 Å². The molecular weight excluding hydrogens is 438 g/mol. The van der Waals surface area contributed by atoms with Gasteiger partial charge in [0.2, 0.25) is 5.91 Å². The van der Waals surface area contributed by atoms with Crippen molar-refractivity contribution in [1.29, 1.82) is 0 Å². The summed E-state index contributed by atoms with van der Waals surface area (Å²) in [5.74, 6) is 0.387. The van der Waals surface area contributed by atoms with Crippen LogP contribution in [0.3, 0.4) is 0 Å². The van der Waals surface area contributed by atoms with Crippen molar-refractivity contribution in [3.63, 3.8) is 0 Å². The largest absolute Gasteiger partial charge is 0.496 e. The van der Waals surface area contributed by atoms with Gasteiger partial charge in [-0.15, -0.1) is 0 Å². The van der Waals surface area contributed by atoms with Crippen LogP contribution in [0.2, 0.25) is 0 Å². The minimum absolute atomic E-state index is 0.0813. The molecule has 0 bridgehead atoms. The molecule has 0 spiro atoms. The van der Waals surface area contributed by atoms with Gasteiger partial charge >= 0.3 is 0 Å². The van der Waals surface area contributed by atoms with Crippen LogP contribution in [0, 0.1) is 11.3 Å². The molecule has 1 aliphatic heterocycles. The highest BCUT2D eigenvalue weighted by atomic mass is 32.1. The average molecular weight is 472 g/mol. The van der Waals surface area contributed by atoms with Crippen molar-refractivity contribution in [3.05, 3.63) is 50.1 Å². The van der Waals surface area contributed by atoms with Crippen LogP contribution in [0.15, 0.2) is 27.7 Å². The first-order chi connectivity index (χ1) is 15.8. The van der Waals surface area contributed by atoms with E-state index in [0.29, 0.717) is 49.6 Å². The third kappa shape index (κ3) is 4.33. The van der Waals surface area contributed by atoms with E-state index < -0.39 is 0 Å². The minimum atomic E-state index is -0.198. The van der Waals surface area contributed by atoms with Gasteiger partial charge in [0.15, 0.2) is 0 Å². The number of fused-ring (bicyclic) bond motifs is 1. The van der Waals surface area contributed by atoms with E-state index in [0.717, 1.165) is 24.8 Å². The number of hydrogen-bond acceptors (Lipinski definition) is 5. The molecule has 0 saturated heterocycles. The Morgan fingerprint density at radius 3 is 2.61 bits per heavy atom. The number of thiophene rings is 1. The van der Waals surface area contributed by atoms with Crippen LogP contribution in [0.5, 0.6) is 5.75 Å². The fourth-order valence-corrected chi connectivity index (χ4v) is 5.89. The molecule has 3 heterocycles. The molecule has 0 radical (unpaired) electrons. The summed E-state index contributed by atoms with van der Waals surface area (Å²) >= 11 is 1.59. The van der Waals surface area contributed by atoms with Gasteiger partial charge in [-0.3, -0.25) is 14.4 Å². The third-order valence-corrected chi connectivity index (χ3v) is 8.31. The monoisotopic (exact) mass is 471 g/mol. The molecule has 0 N–H and O–H groups in total. The predicted octanol–water partition coefficient (Wildman–Crippen LogP) is 3.40. The van der Waals surface area contributed by atoms with Crippen LogP contribution in [-0.4, -0.2) is 53.4 Å². The van der Waals surface area contributed by atoms with Gasteiger partial charge in [-0.2, -0.15) is 11.3 Å². The van der Waals surface area contributed by atoms with E-state index in [1.54, 1.807) is 27.9 Å². The maximum atomic E-state index is 13.5. The van der Waals surface area contributed by atoms with Crippen molar-refractivity contribution in [3.8, 4) is 5.75 Å². The number of carbonyl (C=O) groups is 2. The molecule has 178 valence electrons. The number of hydrogen-bond donors (Lipinski definition) is 0. The smallest absolute Gasteiger partial charge is 0.259 e. The summed E-state index contributed by atoms with van der Waals surface area (Å²) in [6.45, 7) is 6.16. The molecule has 0 aromatic carbocycles. The first kappa shape index (κ1) is 23.5. The second-order valence-corrected chi connectivity index (χ2v) is 10.00. The molecule has 1 aliphatic carbocycles. The Morgan fingerprint density at radius 1 is 1.24 bits per heavy atom. The molecule has 0 unspecified atom stereocenters. The SMILES string of the molecule is CCC1(CC)C[C@@H]1C(=O)N1CCc2c(C(=O)N(C)Cc3ccsc3)c(OC)cc(=O)n2CC1. The van der Waals surface area contributed by atoms with Gasteiger partial charge in [0.25, 0.3) is 11.5 Å². The Labute approximate surface area is 199 Å². The van der Waals surface area contributed by atoms with Gasteiger partial charge in [0.1, 0.15) is 11.3 Å². The molecule has 2 aliphatic rings. The summed E-state index contributed by atoms with van der Waals surface area (Å²) < 4.78 is 7.13. The minimum Gasteiger partial charge on any atom is -0.496 e. The van der Waals surface area contributed by atoms with Gasteiger partial charge in [-0.05, 0) is 47.1 Å². The predicted molar refractivity (Wildman–Crippen MR) is 129 cm³/mol. The number of pyridine rings is 1. The summed E-state index contributed by atoms with van der Waals surface area (Å²) in [5, 5.41) is 4.00. The van der Waals surface area contributed by atoms with E-state index >= 15 is 0 Å². The number of carbonyl (C=O) groups excluding carboxylic acids is 2. The molecule has 2 aromatic rings. The van der Waals surface area contributed by atoms with Crippen LogP contribution in [0.25, 0.3) is 0 Å². The maximum Gasteiger partial charge on any atom is 0.259 e. The lowest BCUT2D eigenvalue weighted by Gasteiger charge is -2.22. The number of aromatic nitrogens is 1. The molecule has 4 rings (SSSR count). The zero-order valence-electron chi connectivity index (χ0n) is 19.9. The van der Waals surface area contributed by atoms with Gasteiger partial charge in [-0.1, -0.05) is 13.8 Å². The lowest BCUT2D eigenvalue weighted by atomic mass is 9.96. The molecular formula is C25H33N3O4S. The van der Waals surface area contributed by atoms with Crippen molar-refractivity contribution in [2.75, 3.05) is 27.2 Å². The number of nitrogens with zero attached hydrogens (tertiary/aromatic N) is 3. The van der Waals surface area contributed by atoms with E-state index in [2.05, 4.69) is 13.8 Å². The molecule has 7 nitrogen and oxygen atoms in total. The Morgan fingerprint density at radius 2 is 2.00 bits per heavy atom. The van der Waals surface area contributed by atoms with Gasteiger partial charge in [0.05, 0.1) is 7.11 Å². The van der Waals surface area contributed by atoms with Crippen molar-refractivity contribution in [2.24, 2.45) is 11.3 Å². The summed E-state index contributed by atoms with van der Waals surface area (Å²) in [6.07, 6.45) is 3.43. The van der Waals surface area contributed by atoms with Crippen LogP contribution in [-0.2, 0) is 24.3 Å². The van der Waals surface area contributed by atoms with Gasteiger partial charge in [0, 0.05) is 57.3 Å². The molecule has 1 saturated carbocycles. The van der Waals surface area contributed by atoms with Crippen LogP contribution < -0.4 is 10.3 Å². The quantitative estimate of drug-likeness (QED) is 0.621. The van der Waals surface area contributed by atoms with Crippen LogP contribution >= 0.6 is 11.3 Å². The first-order valence-electron chi connectivity index (χ1n) is 11.7. The summed E-state index contributed by atoms with van der Waals surface area (Å²) in [6, 6.07) is 3.39. The zero-order chi connectivity index (χ0) is 23.8. The molecule has 2 amide bonds. The van der Waals surface area contributed by atoms with E-state index in [9.17, 15) is 14.4 Å². The molecule has 1 atom stereocenters. The molecule has 8 heteroatoms. The normalized spacial score (nSPS) is 18.9. The summed E-state index contributed by atoms with van der Waals surface area (Å²) in [4.78, 5) is 43.2. The van der Waals surface area contributed by atoms with Crippen molar-refractivity contribution in [2.45, 2.75) is 52.6 Å². The average Bonchev–Trinajstić information content (AvgIpc) is 3.43. The fourth-order valence-electron chi connectivity index (χ4n) is 5.23. The van der Waals surface area contributed by atoms with E-state index in [1.165, 1.54) is 13.2 Å². The highest BCUT2D eigenvalue weighted by Crippen LogP contribution is 2.58. The Hall–Kier alpha value is -2.61. The van der Waals surface area contributed by atoms with Crippen molar-refractivity contribution < 1.29 is 14.3 Å². The van der Waals surface area contributed by atoms with Gasteiger partial charge < -0.3 is 19.1 Å². The van der Waals surface area contributed by atoms with Crippen molar-refractivity contribution >= 4 is 23.2 Å². The zero-order valence-corrected chi connectivity index (χ0v) is 20.7. The second kappa shape index (κ2) is 9.33. The number of amides is 2. The Kier molecular flexibility index (Phi) is 6.66. The lowest BCUT2D eigenvalue weighted by Crippen LogP contribution is -2.36. The fraction of sp³-hybridized carbons (Fsp3) is 0.560. The van der Waals surface area contributed by atoms with Crippen molar-refractivity contribution in [1.82, 2.24) is 14.4 Å². The molecule has 1 fully saturated rings. The Balaban J connectivity index is 1.60. The number of methoxy groups -OCH3 is 1. The number of rotatable bonds is 7. The lowest BCUT2D eigenvalue weighted by molar-refractivity contribution is -0.133. The number of ether oxygens (including phenoxy) is 1. The van der Waals surface area contributed by atoms with Crippen LogP contribution in [0.1, 0.15) is 54.7 Å². The third-order valence-electron chi connectivity index (χ3n) is 7.58. The van der Waals surface area contributed by atoms with E-state index in [1.807, 2.05) is 21.7 Å². The van der Waals surface area contributed by atoms with Crippen LogP contribution in [0.4, 0.5) is 0 Å². The van der Waals surface area contributed by atoms with E-state index in [4.69, 9.17) is 4.74 Å². The first-order valence-corrected chi connectivity index (χ1v) is 12.7.